The highest BCUT2D eigenvalue weighted by atomic mass is 32.2. The first-order valence-electron chi connectivity index (χ1n) is 9.89. The van der Waals surface area contributed by atoms with Crippen LogP contribution in [0, 0.1) is 0 Å². The van der Waals surface area contributed by atoms with Crippen molar-refractivity contribution in [3.63, 3.8) is 0 Å². The van der Waals surface area contributed by atoms with Crippen molar-refractivity contribution in [1.29, 1.82) is 0 Å². The van der Waals surface area contributed by atoms with Crippen LogP contribution in [-0.4, -0.2) is 34.2 Å². The van der Waals surface area contributed by atoms with Crippen LogP contribution in [0.1, 0.15) is 44.2 Å². The topological polar surface area (TPSA) is 61.8 Å². The summed E-state index contributed by atoms with van der Waals surface area (Å²) in [6, 6.07) is 15.7. The van der Waals surface area contributed by atoms with Crippen LogP contribution < -0.4 is 5.32 Å². The first kappa shape index (κ1) is 21.1. The van der Waals surface area contributed by atoms with Gasteiger partial charge in [-0.1, -0.05) is 62.9 Å². The molecular weight excluding hydrogens is 382 g/mol. The first-order chi connectivity index (χ1) is 13.9. The van der Waals surface area contributed by atoms with Crippen LogP contribution in [0.15, 0.2) is 53.5 Å². The molecule has 152 valence electrons. The number of thioether (sulfide) groups is 1. The predicted octanol–water partition coefficient (Wildman–Crippen LogP) is 4.96. The van der Waals surface area contributed by atoms with Gasteiger partial charge in [-0.05, 0) is 41.7 Å². The molecule has 1 fully saturated rings. The van der Waals surface area contributed by atoms with Crippen molar-refractivity contribution in [1.82, 2.24) is 4.90 Å². The van der Waals surface area contributed by atoms with Crippen LogP contribution in [0.5, 0.6) is 0 Å². The van der Waals surface area contributed by atoms with Crippen LogP contribution in [0.25, 0.3) is 0 Å². The van der Waals surface area contributed by atoms with E-state index in [1.165, 1.54) is 17.3 Å². The van der Waals surface area contributed by atoms with Crippen LogP contribution in [0.2, 0.25) is 0 Å². The molecule has 29 heavy (non-hydrogen) atoms. The lowest BCUT2D eigenvalue weighted by atomic mass is 10.0. The first-order valence-corrected chi connectivity index (χ1v) is 10.8. The quantitative estimate of drug-likeness (QED) is 0.733. The van der Waals surface area contributed by atoms with Gasteiger partial charge < -0.3 is 5.32 Å². The molecule has 2 amide bonds. The van der Waals surface area contributed by atoms with E-state index in [2.05, 4.69) is 31.1 Å². The molecule has 0 saturated carbocycles. The summed E-state index contributed by atoms with van der Waals surface area (Å²) >= 11 is 1.35. The van der Waals surface area contributed by atoms with Gasteiger partial charge >= 0.3 is 0 Å². The van der Waals surface area contributed by atoms with Gasteiger partial charge in [-0.2, -0.15) is 0 Å². The Morgan fingerprint density at radius 1 is 1.17 bits per heavy atom. The Morgan fingerprint density at radius 3 is 2.52 bits per heavy atom. The third-order valence-corrected chi connectivity index (χ3v) is 6.19. The van der Waals surface area contributed by atoms with E-state index in [1.54, 1.807) is 11.9 Å². The maximum absolute atomic E-state index is 12.6. The summed E-state index contributed by atoms with van der Waals surface area (Å²) in [6.45, 7) is 6.34. The van der Waals surface area contributed by atoms with Gasteiger partial charge in [-0.15, -0.1) is 0 Å². The van der Waals surface area contributed by atoms with Crippen molar-refractivity contribution >= 4 is 40.1 Å². The van der Waals surface area contributed by atoms with Gasteiger partial charge in [0.1, 0.15) is 5.25 Å². The maximum Gasteiger partial charge on any atom is 0.242 e. The zero-order chi connectivity index (χ0) is 21.0. The fourth-order valence-electron chi connectivity index (χ4n) is 3.15. The molecule has 1 atom stereocenters. The number of amides is 2. The van der Waals surface area contributed by atoms with Gasteiger partial charge in [0.2, 0.25) is 11.8 Å². The molecule has 2 aromatic carbocycles. The Labute approximate surface area is 176 Å². The third kappa shape index (κ3) is 5.07. The van der Waals surface area contributed by atoms with Gasteiger partial charge in [0.05, 0.1) is 5.69 Å². The highest BCUT2D eigenvalue weighted by Crippen LogP contribution is 2.32. The molecule has 3 rings (SSSR count). The molecule has 1 aliphatic rings. The van der Waals surface area contributed by atoms with Crippen LogP contribution in [0.3, 0.4) is 0 Å². The number of amidine groups is 1. The van der Waals surface area contributed by atoms with Gasteiger partial charge in [0, 0.05) is 19.2 Å². The Hall–Kier alpha value is -2.60. The van der Waals surface area contributed by atoms with Crippen LogP contribution in [-0.2, 0) is 16.0 Å². The van der Waals surface area contributed by atoms with Crippen molar-refractivity contribution in [2.45, 2.75) is 44.8 Å². The van der Waals surface area contributed by atoms with Gasteiger partial charge in [-0.25, -0.2) is 4.99 Å². The standard InChI is InChI=1S/C23H27N3O2S/c1-5-16-8-6-7-9-19(16)25-23-26(4)22(28)20(29-23)14-21(27)24-18-12-10-17(11-13-18)15(2)3/h6-13,15,20H,5,14H2,1-4H3,(H,24,27). The zero-order valence-corrected chi connectivity index (χ0v) is 18.1. The SMILES string of the molecule is CCc1ccccc1N=C1SC(CC(=O)Nc2ccc(C(C)C)cc2)C(=O)N1C. The molecular formula is C23H27N3O2S. The van der Waals surface area contributed by atoms with E-state index in [1.807, 2.05) is 48.5 Å². The van der Waals surface area contributed by atoms with E-state index in [0.29, 0.717) is 11.1 Å². The molecule has 2 aromatic rings. The molecule has 5 nitrogen and oxygen atoms in total. The summed E-state index contributed by atoms with van der Waals surface area (Å²) < 4.78 is 0. The van der Waals surface area contributed by atoms with Crippen molar-refractivity contribution in [3.8, 4) is 0 Å². The predicted molar refractivity (Wildman–Crippen MR) is 121 cm³/mol. The smallest absolute Gasteiger partial charge is 0.242 e. The molecule has 6 heteroatoms. The molecule has 1 aliphatic heterocycles. The molecule has 0 aromatic heterocycles. The second-order valence-electron chi connectivity index (χ2n) is 7.41. The number of benzene rings is 2. The molecule has 0 radical (unpaired) electrons. The van der Waals surface area contributed by atoms with E-state index >= 15 is 0 Å². The number of aryl methyl sites for hydroxylation is 1. The third-order valence-electron chi connectivity index (χ3n) is 4.96. The lowest BCUT2D eigenvalue weighted by Gasteiger charge is -2.10. The van der Waals surface area contributed by atoms with Crippen molar-refractivity contribution in [3.05, 3.63) is 59.7 Å². The molecule has 1 N–H and O–H groups in total. The normalized spacial score (nSPS) is 18.0. The summed E-state index contributed by atoms with van der Waals surface area (Å²) in [5.74, 6) is 0.183. The number of nitrogens with zero attached hydrogens (tertiary/aromatic N) is 2. The van der Waals surface area contributed by atoms with Crippen molar-refractivity contribution in [2.24, 2.45) is 4.99 Å². The Kier molecular flexibility index (Phi) is 6.75. The average molecular weight is 410 g/mol. The van der Waals surface area contributed by atoms with Gasteiger partial charge in [0.25, 0.3) is 0 Å². The number of hydrogen-bond donors (Lipinski definition) is 1. The number of para-hydroxylation sites is 1. The second-order valence-corrected chi connectivity index (χ2v) is 8.58. The number of hydrogen-bond acceptors (Lipinski definition) is 4. The lowest BCUT2D eigenvalue weighted by molar-refractivity contribution is -0.127. The number of rotatable bonds is 6. The van der Waals surface area contributed by atoms with Crippen LogP contribution >= 0.6 is 11.8 Å². The average Bonchev–Trinajstić information content (AvgIpc) is 2.96. The van der Waals surface area contributed by atoms with E-state index < -0.39 is 5.25 Å². The number of nitrogens with one attached hydrogen (secondary N) is 1. The van der Waals surface area contributed by atoms with Crippen molar-refractivity contribution in [2.75, 3.05) is 12.4 Å². The molecule has 1 unspecified atom stereocenters. The maximum atomic E-state index is 12.6. The molecule has 0 spiro atoms. The Balaban J connectivity index is 1.66. The number of aliphatic imine (C=N–C) groups is 1. The fourth-order valence-corrected chi connectivity index (χ4v) is 4.30. The largest absolute Gasteiger partial charge is 0.326 e. The zero-order valence-electron chi connectivity index (χ0n) is 17.3. The molecule has 1 heterocycles. The molecule has 0 aliphatic carbocycles. The van der Waals surface area contributed by atoms with E-state index in [4.69, 9.17) is 0 Å². The summed E-state index contributed by atoms with van der Waals surface area (Å²) in [4.78, 5) is 31.3. The Morgan fingerprint density at radius 2 is 1.86 bits per heavy atom. The minimum atomic E-state index is -0.456. The highest BCUT2D eigenvalue weighted by Gasteiger charge is 2.37. The molecule has 0 bridgehead atoms. The number of anilines is 1. The minimum absolute atomic E-state index is 0.0898. The van der Waals surface area contributed by atoms with Gasteiger partial charge in [-0.3, -0.25) is 14.5 Å². The monoisotopic (exact) mass is 409 g/mol. The van der Waals surface area contributed by atoms with E-state index in [0.717, 1.165) is 23.4 Å². The summed E-state index contributed by atoms with van der Waals surface area (Å²) in [5, 5.41) is 3.07. The highest BCUT2D eigenvalue weighted by molar-refractivity contribution is 8.15. The molecule has 1 saturated heterocycles. The second kappa shape index (κ2) is 9.27. The fraction of sp³-hybridized carbons (Fsp3) is 0.348. The number of carbonyl (C=O) groups excluding carboxylic acids is 2. The summed E-state index contributed by atoms with van der Waals surface area (Å²) in [7, 11) is 1.71. The van der Waals surface area contributed by atoms with E-state index in [9.17, 15) is 9.59 Å². The number of carbonyl (C=O) groups is 2. The van der Waals surface area contributed by atoms with Crippen LogP contribution in [0.4, 0.5) is 11.4 Å². The minimum Gasteiger partial charge on any atom is -0.326 e. The summed E-state index contributed by atoms with van der Waals surface area (Å²) in [6.07, 6.45) is 0.991. The lowest BCUT2D eigenvalue weighted by Crippen LogP contribution is -2.30. The van der Waals surface area contributed by atoms with Gasteiger partial charge in [0.15, 0.2) is 5.17 Å². The summed E-state index contributed by atoms with van der Waals surface area (Å²) in [5.41, 5.74) is 3.97. The van der Waals surface area contributed by atoms with Crippen molar-refractivity contribution < 1.29 is 9.59 Å². The van der Waals surface area contributed by atoms with E-state index in [-0.39, 0.29) is 18.2 Å². The Bertz CT molecular complexity index is 922.